The third-order valence-electron chi connectivity index (χ3n) is 5.07. The van der Waals surface area contributed by atoms with E-state index in [2.05, 4.69) is 17.1 Å². The number of benzene rings is 1. The molecule has 0 atom stereocenters. The Balaban J connectivity index is 1.56. The summed E-state index contributed by atoms with van der Waals surface area (Å²) in [4.78, 5) is 29.6. The van der Waals surface area contributed by atoms with Gasteiger partial charge in [-0.05, 0) is 37.1 Å². The summed E-state index contributed by atoms with van der Waals surface area (Å²) in [5.74, 6) is -0.132. The normalized spacial score (nSPS) is 19.8. The third kappa shape index (κ3) is 3.57. The fraction of sp³-hybridized carbons (Fsp3) is 0.556. The standard InChI is InChI=1S/C18H24ClN3O2/c1-2-21-9-11-22(12-10-21)17(24)18(7-8-18)16(23)20-13-14-3-5-15(19)6-4-14/h3-6H,2,7-13H2,1H3,(H,20,23). The van der Waals surface area contributed by atoms with Gasteiger partial charge < -0.3 is 15.1 Å². The largest absolute Gasteiger partial charge is 0.351 e. The minimum absolute atomic E-state index is 0.00635. The second-order valence-corrected chi connectivity index (χ2v) is 7.05. The molecule has 2 amide bonds. The first-order valence-corrected chi connectivity index (χ1v) is 8.97. The minimum atomic E-state index is -0.819. The molecule has 5 nitrogen and oxygen atoms in total. The van der Waals surface area contributed by atoms with Gasteiger partial charge in [0.25, 0.3) is 0 Å². The zero-order valence-electron chi connectivity index (χ0n) is 14.1. The van der Waals surface area contributed by atoms with Crippen molar-refractivity contribution in [1.82, 2.24) is 15.1 Å². The Kier molecular flexibility index (Phi) is 5.11. The van der Waals surface area contributed by atoms with Gasteiger partial charge in [0.05, 0.1) is 0 Å². The summed E-state index contributed by atoms with van der Waals surface area (Å²) in [5, 5.41) is 3.59. The molecule has 6 heteroatoms. The highest BCUT2D eigenvalue weighted by atomic mass is 35.5. The van der Waals surface area contributed by atoms with Crippen LogP contribution in [0.3, 0.4) is 0 Å². The van der Waals surface area contributed by atoms with Crippen LogP contribution < -0.4 is 5.32 Å². The van der Waals surface area contributed by atoms with E-state index in [0.29, 0.717) is 24.4 Å². The lowest BCUT2D eigenvalue weighted by Gasteiger charge is -2.35. The number of piperazine rings is 1. The van der Waals surface area contributed by atoms with Gasteiger partial charge in [0, 0.05) is 37.7 Å². The van der Waals surface area contributed by atoms with E-state index in [0.717, 1.165) is 38.3 Å². The Morgan fingerprint density at radius 1 is 1.12 bits per heavy atom. The molecule has 0 radical (unpaired) electrons. The molecule has 1 N–H and O–H groups in total. The van der Waals surface area contributed by atoms with Crippen molar-refractivity contribution >= 4 is 23.4 Å². The molecule has 0 aromatic heterocycles. The molecule has 0 spiro atoms. The van der Waals surface area contributed by atoms with E-state index in [4.69, 9.17) is 11.6 Å². The number of halogens is 1. The number of hydrogen-bond donors (Lipinski definition) is 1. The zero-order chi connectivity index (χ0) is 17.2. The van der Waals surface area contributed by atoms with Gasteiger partial charge in [0.15, 0.2) is 0 Å². The lowest BCUT2D eigenvalue weighted by molar-refractivity contribution is -0.145. The molecule has 3 rings (SSSR count). The first-order chi connectivity index (χ1) is 11.5. The number of nitrogens with one attached hydrogen (secondary N) is 1. The topological polar surface area (TPSA) is 52.7 Å². The van der Waals surface area contributed by atoms with E-state index < -0.39 is 5.41 Å². The van der Waals surface area contributed by atoms with Gasteiger partial charge in [-0.2, -0.15) is 0 Å². The highest BCUT2D eigenvalue weighted by Crippen LogP contribution is 2.47. The van der Waals surface area contributed by atoms with Gasteiger partial charge in [-0.25, -0.2) is 0 Å². The van der Waals surface area contributed by atoms with Crippen molar-refractivity contribution in [3.63, 3.8) is 0 Å². The van der Waals surface area contributed by atoms with Crippen molar-refractivity contribution in [1.29, 1.82) is 0 Å². The van der Waals surface area contributed by atoms with Gasteiger partial charge in [-0.15, -0.1) is 0 Å². The number of amides is 2. The highest BCUT2D eigenvalue weighted by Gasteiger charge is 2.58. The maximum absolute atomic E-state index is 12.8. The van der Waals surface area contributed by atoms with Crippen LogP contribution in [0.4, 0.5) is 0 Å². The van der Waals surface area contributed by atoms with Crippen LogP contribution in [0.2, 0.25) is 5.02 Å². The fourth-order valence-corrected chi connectivity index (χ4v) is 3.31. The zero-order valence-corrected chi connectivity index (χ0v) is 14.8. The Morgan fingerprint density at radius 3 is 2.29 bits per heavy atom. The molecule has 24 heavy (non-hydrogen) atoms. The summed E-state index contributed by atoms with van der Waals surface area (Å²) in [5.41, 5.74) is 0.161. The first kappa shape index (κ1) is 17.2. The van der Waals surface area contributed by atoms with Crippen molar-refractivity contribution < 1.29 is 9.59 Å². The van der Waals surface area contributed by atoms with Crippen molar-refractivity contribution in [2.45, 2.75) is 26.3 Å². The van der Waals surface area contributed by atoms with E-state index in [-0.39, 0.29) is 11.8 Å². The van der Waals surface area contributed by atoms with Crippen LogP contribution in [0, 0.1) is 5.41 Å². The van der Waals surface area contributed by atoms with E-state index in [9.17, 15) is 9.59 Å². The first-order valence-electron chi connectivity index (χ1n) is 8.59. The van der Waals surface area contributed by atoms with Gasteiger partial charge in [0.1, 0.15) is 5.41 Å². The maximum Gasteiger partial charge on any atom is 0.238 e. The van der Waals surface area contributed by atoms with E-state index in [1.807, 2.05) is 17.0 Å². The lowest BCUT2D eigenvalue weighted by Crippen LogP contribution is -2.53. The van der Waals surface area contributed by atoms with Crippen molar-refractivity contribution in [3.8, 4) is 0 Å². The predicted molar refractivity (Wildman–Crippen MR) is 93.7 cm³/mol. The average molecular weight is 350 g/mol. The lowest BCUT2D eigenvalue weighted by atomic mass is 10.0. The molecule has 1 saturated heterocycles. The summed E-state index contributed by atoms with van der Waals surface area (Å²) in [6.45, 7) is 6.79. The summed E-state index contributed by atoms with van der Waals surface area (Å²) in [6.07, 6.45) is 1.32. The van der Waals surface area contributed by atoms with Crippen molar-refractivity contribution in [3.05, 3.63) is 34.9 Å². The Hall–Kier alpha value is -1.59. The van der Waals surface area contributed by atoms with Gasteiger partial charge >= 0.3 is 0 Å². The van der Waals surface area contributed by atoms with Crippen LogP contribution in [-0.4, -0.2) is 54.3 Å². The molecule has 1 heterocycles. The molecular formula is C18H24ClN3O2. The highest BCUT2D eigenvalue weighted by molar-refractivity contribution is 6.30. The minimum Gasteiger partial charge on any atom is -0.351 e. The van der Waals surface area contributed by atoms with Crippen LogP contribution in [0.15, 0.2) is 24.3 Å². The van der Waals surface area contributed by atoms with Crippen molar-refractivity contribution in [2.75, 3.05) is 32.7 Å². The molecule has 0 unspecified atom stereocenters. The van der Waals surface area contributed by atoms with Crippen LogP contribution in [-0.2, 0) is 16.1 Å². The predicted octanol–water partition coefficient (Wildman–Crippen LogP) is 1.90. The molecule has 1 saturated carbocycles. The SMILES string of the molecule is CCN1CCN(C(=O)C2(C(=O)NCc3ccc(Cl)cc3)CC2)CC1. The molecular weight excluding hydrogens is 326 g/mol. The molecule has 1 aromatic rings. The number of carbonyl (C=O) groups excluding carboxylic acids is 2. The second kappa shape index (κ2) is 7.11. The Morgan fingerprint density at radius 2 is 1.75 bits per heavy atom. The van der Waals surface area contributed by atoms with Crippen LogP contribution >= 0.6 is 11.6 Å². The molecule has 0 bridgehead atoms. The molecule has 2 fully saturated rings. The molecule has 1 aliphatic heterocycles. The fourth-order valence-electron chi connectivity index (χ4n) is 3.19. The van der Waals surface area contributed by atoms with Crippen LogP contribution in [0.1, 0.15) is 25.3 Å². The summed E-state index contributed by atoms with van der Waals surface area (Å²) in [7, 11) is 0. The number of hydrogen-bond acceptors (Lipinski definition) is 3. The monoisotopic (exact) mass is 349 g/mol. The molecule has 2 aliphatic rings. The van der Waals surface area contributed by atoms with Crippen LogP contribution in [0.5, 0.6) is 0 Å². The van der Waals surface area contributed by atoms with Gasteiger partial charge in [-0.3, -0.25) is 9.59 Å². The summed E-state index contributed by atoms with van der Waals surface area (Å²) >= 11 is 5.86. The van der Waals surface area contributed by atoms with E-state index in [1.54, 1.807) is 12.1 Å². The van der Waals surface area contributed by atoms with Crippen molar-refractivity contribution in [2.24, 2.45) is 5.41 Å². The average Bonchev–Trinajstić information content (AvgIpc) is 3.42. The molecule has 130 valence electrons. The number of nitrogens with zero attached hydrogens (tertiary/aromatic N) is 2. The quantitative estimate of drug-likeness (QED) is 0.826. The summed E-state index contributed by atoms with van der Waals surface area (Å²) < 4.78 is 0. The maximum atomic E-state index is 12.8. The smallest absolute Gasteiger partial charge is 0.238 e. The Bertz CT molecular complexity index is 605. The number of carbonyl (C=O) groups is 2. The number of rotatable bonds is 5. The number of likely N-dealkylation sites (N-methyl/N-ethyl adjacent to an activating group) is 1. The molecule has 1 aromatic carbocycles. The Labute approximate surface area is 147 Å². The van der Waals surface area contributed by atoms with E-state index >= 15 is 0 Å². The molecule has 1 aliphatic carbocycles. The van der Waals surface area contributed by atoms with Gasteiger partial charge in [-0.1, -0.05) is 30.7 Å². The summed E-state index contributed by atoms with van der Waals surface area (Å²) in [6, 6.07) is 7.37. The van der Waals surface area contributed by atoms with E-state index in [1.165, 1.54) is 0 Å². The van der Waals surface area contributed by atoms with Crippen LogP contribution in [0.25, 0.3) is 0 Å². The second-order valence-electron chi connectivity index (χ2n) is 6.62. The third-order valence-corrected chi connectivity index (χ3v) is 5.32. The van der Waals surface area contributed by atoms with Gasteiger partial charge in [0.2, 0.25) is 11.8 Å².